The zero-order chi connectivity index (χ0) is 39.1. The maximum atomic E-state index is 10.7. The smallest absolute Gasteiger partial charge is 0.741 e. The van der Waals surface area contributed by atoms with Crippen LogP contribution in [0, 0.1) is 0 Å². The minimum Gasteiger partial charge on any atom is -0.741 e. The van der Waals surface area contributed by atoms with E-state index in [1.807, 2.05) is 103 Å². The van der Waals surface area contributed by atoms with Gasteiger partial charge in [0.1, 0.15) is 6.17 Å². The van der Waals surface area contributed by atoms with Crippen LogP contribution in [0.1, 0.15) is 23.2 Å². The van der Waals surface area contributed by atoms with E-state index in [-0.39, 0.29) is 23.2 Å². The summed E-state index contributed by atoms with van der Waals surface area (Å²) in [5.41, 5.74) is -5.60. The van der Waals surface area contributed by atoms with Gasteiger partial charge in [-0.05, 0) is 60.7 Å². The zero-order valence-electron chi connectivity index (χ0n) is 26.9. The van der Waals surface area contributed by atoms with Crippen LogP contribution in [0.3, 0.4) is 0 Å². The van der Waals surface area contributed by atoms with Crippen LogP contribution in [-0.2, 0) is 37.3 Å². The minimum atomic E-state index is -6.09. The molecule has 0 saturated carbocycles. The molecule has 22 heteroatoms. The van der Waals surface area contributed by atoms with Crippen LogP contribution in [0.25, 0.3) is 0 Å². The molecule has 1 radical (unpaired) electrons. The second-order valence-electron chi connectivity index (χ2n) is 9.84. The number of alkyl halides is 6. The zero-order valence-corrected chi connectivity index (χ0v) is 29.6. The number of nitrogens with one attached hydrogen (secondary N) is 2. The van der Waals surface area contributed by atoms with E-state index in [0.29, 0.717) is 0 Å². The fourth-order valence-electron chi connectivity index (χ4n) is 3.63. The molecule has 0 aliphatic carbocycles. The van der Waals surface area contributed by atoms with Crippen molar-refractivity contribution in [2.45, 2.75) is 17.2 Å². The van der Waals surface area contributed by atoms with Gasteiger partial charge in [0.15, 0.2) is 20.2 Å². The number of benzene rings is 2. The summed E-state index contributed by atoms with van der Waals surface area (Å²) in [7, 11) is -12.2. The molecule has 2 aromatic carbocycles. The Morgan fingerprint density at radius 1 is 0.556 bits per heavy atom. The third kappa shape index (κ3) is 15.0. The van der Waals surface area contributed by atoms with Gasteiger partial charge >= 0.3 is 28.1 Å². The van der Waals surface area contributed by atoms with E-state index in [2.05, 4.69) is 35.6 Å². The van der Waals surface area contributed by atoms with E-state index in [1.54, 1.807) is 31.0 Å². The first-order valence-corrected chi connectivity index (χ1v) is 17.2. The Kier molecular flexibility index (Phi) is 16.9. The molecular formula is C32H25F6FeN7O6S2+. The van der Waals surface area contributed by atoms with Gasteiger partial charge in [0, 0.05) is 18.6 Å². The largest absolute Gasteiger partial charge is 3.00 e. The first kappa shape index (κ1) is 44.9. The first-order chi connectivity index (χ1) is 24.8. The Balaban J connectivity index is 0.000000498. The van der Waals surface area contributed by atoms with E-state index in [4.69, 9.17) is 25.9 Å². The normalized spacial score (nSPS) is 12.4. The molecule has 0 atom stereocenters. The average Bonchev–Trinajstić information content (AvgIpc) is 3.11. The molecule has 0 amide bonds. The Bertz CT molecular complexity index is 2050. The summed E-state index contributed by atoms with van der Waals surface area (Å²) in [6.45, 7) is 0. The molecule has 0 bridgehead atoms. The van der Waals surface area contributed by atoms with Gasteiger partial charge in [-0.25, -0.2) is 16.8 Å². The van der Waals surface area contributed by atoms with E-state index < -0.39 is 31.3 Å². The van der Waals surface area contributed by atoms with Crippen molar-refractivity contribution in [3.63, 3.8) is 0 Å². The molecule has 0 aliphatic heterocycles. The molecule has 5 rings (SSSR count). The van der Waals surface area contributed by atoms with E-state index in [9.17, 15) is 26.3 Å². The van der Waals surface area contributed by atoms with Crippen molar-refractivity contribution in [3.05, 3.63) is 139 Å². The number of aromatic nitrogens is 3. The molecule has 0 saturated heterocycles. The van der Waals surface area contributed by atoms with Crippen LogP contribution in [-0.4, -0.2) is 64.3 Å². The first-order valence-electron chi connectivity index (χ1n) is 14.4. The Labute approximate surface area is 315 Å². The van der Waals surface area contributed by atoms with E-state index in [1.165, 1.54) is 0 Å². The monoisotopic (exact) mass is 837 g/mol. The van der Waals surface area contributed by atoms with Gasteiger partial charge in [-0.3, -0.25) is 24.9 Å². The molecule has 0 spiro atoms. The molecule has 13 nitrogen and oxygen atoms in total. The van der Waals surface area contributed by atoms with Crippen LogP contribution >= 0.6 is 0 Å². The van der Waals surface area contributed by atoms with Crippen molar-refractivity contribution < 1.29 is 69.4 Å². The predicted octanol–water partition coefficient (Wildman–Crippen LogP) is 6.70. The molecule has 0 unspecified atom stereocenters. The van der Waals surface area contributed by atoms with Crippen LogP contribution in [0.2, 0.25) is 0 Å². The van der Waals surface area contributed by atoms with Crippen LogP contribution < -0.4 is 10.6 Å². The van der Waals surface area contributed by atoms with Crippen LogP contribution in [0.5, 0.6) is 0 Å². The summed E-state index contributed by atoms with van der Waals surface area (Å²) in [5.74, 6) is 0. The van der Waals surface area contributed by atoms with E-state index in [0.717, 1.165) is 39.8 Å². The molecule has 3 heterocycles. The topological polar surface area (TPSA) is 202 Å². The van der Waals surface area contributed by atoms with Crippen molar-refractivity contribution in [1.29, 1.82) is 0 Å². The van der Waals surface area contributed by atoms with Gasteiger partial charge in [-0.15, -0.1) is 0 Å². The number of hydrogen-bond donors (Lipinski definition) is 2. The van der Waals surface area contributed by atoms with Gasteiger partial charge in [0.25, 0.3) is 0 Å². The standard InChI is InChI=1S/C30H25N7.2CHF3O3S.Fe/c1-3-15-27(25(13-1)34-21-23-11-5-8-18-31-23)36-30(29-17-7-10-20-33-29)37-28-16-4-2-14-26(28)35-22-24-12-6-9-19-32-24;2*2-1(3,4)8(5,6)7;/h1-22,30,36-37H;2*(H,5,6,7);/q;;;+3/p-2. The summed E-state index contributed by atoms with van der Waals surface area (Å²) in [4.78, 5) is 22.6. The Morgan fingerprint density at radius 2 is 0.889 bits per heavy atom. The molecule has 285 valence electrons. The summed E-state index contributed by atoms with van der Waals surface area (Å²) in [5, 5.41) is 7.16. The van der Waals surface area contributed by atoms with Crippen molar-refractivity contribution in [2.24, 2.45) is 9.98 Å². The molecule has 2 N–H and O–H groups in total. The quantitative estimate of drug-likeness (QED) is 0.0400. The number of hydrogen-bond acceptors (Lipinski definition) is 13. The second-order valence-corrected chi connectivity index (χ2v) is 12.6. The second kappa shape index (κ2) is 20.3. The Morgan fingerprint density at radius 3 is 1.20 bits per heavy atom. The van der Waals surface area contributed by atoms with Crippen molar-refractivity contribution in [3.8, 4) is 0 Å². The number of para-hydroxylation sites is 4. The van der Waals surface area contributed by atoms with Crippen molar-refractivity contribution in [2.75, 3.05) is 10.6 Å². The summed E-state index contributed by atoms with van der Waals surface area (Å²) in [6, 6.07) is 33.1. The molecule has 54 heavy (non-hydrogen) atoms. The van der Waals surface area contributed by atoms with E-state index >= 15 is 0 Å². The SMILES string of the molecule is C(=Nc1ccccc1NC(Nc1ccccc1N=Cc1ccccn1)c1ccccn1)c1ccccn1.O=S(=O)([O-])C(F)(F)F.O=S(=O)([O-])C(F)(F)F.[Fe+3]. The maximum Gasteiger partial charge on any atom is 3.00 e. The third-order valence-corrected chi connectivity index (χ3v) is 7.14. The van der Waals surface area contributed by atoms with Gasteiger partial charge in [-0.1, -0.05) is 42.5 Å². The Hall–Kier alpha value is -5.25. The van der Waals surface area contributed by atoms with Gasteiger partial charge in [-0.2, -0.15) is 26.3 Å². The fraction of sp³-hybridized carbons (Fsp3) is 0.0938. The molecular weight excluding hydrogens is 812 g/mol. The number of nitrogens with zero attached hydrogens (tertiary/aromatic N) is 5. The summed E-state index contributed by atoms with van der Waals surface area (Å²) in [6.07, 6.45) is 8.44. The summed E-state index contributed by atoms with van der Waals surface area (Å²) < 4.78 is 118. The maximum absolute atomic E-state index is 10.7. The molecule has 5 aromatic rings. The number of anilines is 2. The fourth-order valence-corrected chi connectivity index (χ4v) is 3.63. The third-order valence-electron chi connectivity index (χ3n) is 6.01. The predicted molar refractivity (Wildman–Crippen MR) is 182 cm³/mol. The van der Waals surface area contributed by atoms with Crippen LogP contribution in [0.4, 0.5) is 49.1 Å². The van der Waals surface area contributed by atoms with Gasteiger partial charge in [0.05, 0.1) is 52.3 Å². The average molecular weight is 838 g/mol. The molecule has 0 aliphatic rings. The number of halogens is 6. The van der Waals surface area contributed by atoms with Crippen molar-refractivity contribution in [1.82, 2.24) is 15.0 Å². The number of rotatable bonds is 9. The van der Waals surface area contributed by atoms with Crippen molar-refractivity contribution >= 4 is 55.4 Å². The number of aliphatic imine (C=N–C) groups is 2. The number of pyridine rings is 3. The minimum absolute atomic E-state index is 0. The van der Waals surface area contributed by atoms with Crippen LogP contribution in [0.15, 0.2) is 132 Å². The summed E-state index contributed by atoms with van der Waals surface area (Å²) >= 11 is 0. The van der Waals surface area contributed by atoms with Gasteiger partial charge < -0.3 is 19.7 Å². The molecule has 3 aromatic heterocycles. The van der Waals surface area contributed by atoms with Gasteiger partial charge in [0.2, 0.25) is 0 Å². The molecule has 0 fully saturated rings.